The van der Waals surface area contributed by atoms with Gasteiger partial charge >= 0.3 is 6.18 Å². The van der Waals surface area contributed by atoms with Gasteiger partial charge in [-0.3, -0.25) is 4.68 Å². The van der Waals surface area contributed by atoms with Crippen LogP contribution in [0, 0.1) is 6.92 Å². The van der Waals surface area contributed by atoms with Gasteiger partial charge in [-0.1, -0.05) is 0 Å². The molecule has 1 fully saturated rings. The van der Waals surface area contributed by atoms with E-state index in [2.05, 4.69) is 15.3 Å². The summed E-state index contributed by atoms with van der Waals surface area (Å²) in [4.78, 5) is 0. The first-order valence-corrected chi connectivity index (χ1v) is 7.76. The predicted octanol–water partition coefficient (Wildman–Crippen LogP) is 1.54. The Bertz CT molecular complexity index is 741. The van der Waals surface area contributed by atoms with Crippen LogP contribution in [-0.2, 0) is 28.7 Å². The van der Waals surface area contributed by atoms with Gasteiger partial charge in [0.15, 0.2) is 5.69 Å². The number of hydrogen-bond acceptors (Lipinski definition) is 6. The molecular formula is C15H18F3N5O2. The fraction of sp³-hybridized carbons (Fsp3) is 0.533. The topological polar surface area (TPSA) is 88.1 Å². The van der Waals surface area contributed by atoms with Crippen LogP contribution in [0.1, 0.15) is 17.0 Å². The molecule has 7 nitrogen and oxygen atoms in total. The molecule has 1 atom stereocenters. The molecule has 0 bridgehead atoms. The lowest BCUT2D eigenvalue weighted by atomic mass is 10.1. The van der Waals surface area contributed by atoms with Crippen molar-refractivity contribution in [2.24, 2.45) is 5.73 Å². The van der Waals surface area contributed by atoms with Gasteiger partial charge in [0.05, 0.1) is 43.3 Å². The van der Waals surface area contributed by atoms with E-state index in [4.69, 9.17) is 15.2 Å². The Kier molecular flexibility index (Phi) is 5.02. The number of nitrogens with zero attached hydrogens (tertiary/aromatic N) is 4. The minimum Gasteiger partial charge on any atom is -0.376 e. The molecule has 25 heavy (non-hydrogen) atoms. The normalized spacial score (nSPS) is 18.5. The van der Waals surface area contributed by atoms with E-state index in [-0.39, 0.29) is 30.5 Å². The molecule has 0 aliphatic carbocycles. The summed E-state index contributed by atoms with van der Waals surface area (Å²) < 4.78 is 52.2. The van der Waals surface area contributed by atoms with Crippen LogP contribution in [0.25, 0.3) is 11.3 Å². The SMILES string of the molecule is Cc1cc(CN)nnc1-c1cn(CC2COCCO2)nc1C(F)(F)F. The number of hydrogen-bond donors (Lipinski definition) is 1. The Labute approximate surface area is 141 Å². The summed E-state index contributed by atoms with van der Waals surface area (Å²) in [5.74, 6) is 0. The Morgan fingerprint density at radius 3 is 2.72 bits per heavy atom. The van der Waals surface area contributed by atoms with Crippen molar-refractivity contribution in [1.29, 1.82) is 0 Å². The quantitative estimate of drug-likeness (QED) is 0.893. The van der Waals surface area contributed by atoms with E-state index in [0.29, 0.717) is 31.1 Å². The van der Waals surface area contributed by atoms with Crippen molar-refractivity contribution in [2.75, 3.05) is 19.8 Å². The lowest BCUT2D eigenvalue weighted by Gasteiger charge is -2.22. The highest BCUT2D eigenvalue weighted by atomic mass is 19.4. The number of halogens is 3. The second-order valence-corrected chi connectivity index (χ2v) is 5.75. The van der Waals surface area contributed by atoms with E-state index in [0.717, 1.165) is 0 Å². The highest BCUT2D eigenvalue weighted by Crippen LogP contribution is 2.36. The highest BCUT2D eigenvalue weighted by Gasteiger charge is 2.38. The average Bonchev–Trinajstić information content (AvgIpc) is 2.99. The van der Waals surface area contributed by atoms with Gasteiger partial charge in [-0.15, -0.1) is 5.10 Å². The molecule has 3 rings (SSSR count). The van der Waals surface area contributed by atoms with E-state index in [1.807, 2.05) is 0 Å². The second kappa shape index (κ2) is 7.06. The minimum atomic E-state index is -4.61. The Morgan fingerprint density at radius 2 is 2.12 bits per heavy atom. The third-order valence-corrected chi connectivity index (χ3v) is 3.81. The van der Waals surface area contributed by atoms with Gasteiger partial charge in [0.2, 0.25) is 0 Å². The van der Waals surface area contributed by atoms with Crippen LogP contribution in [0.15, 0.2) is 12.3 Å². The smallest absolute Gasteiger partial charge is 0.376 e. The predicted molar refractivity (Wildman–Crippen MR) is 81.4 cm³/mol. The van der Waals surface area contributed by atoms with Crippen molar-refractivity contribution in [1.82, 2.24) is 20.0 Å². The molecule has 136 valence electrons. The van der Waals surface area contributed by atoms with E-state index >= 15 is 0 Å². The van der Waals surface area contributed by atoms with Crippen molar-refractivity contribution < 1.29 is 22.6 Å². The lowest BCUT2D eigenvalue weighted by molar-refractivity contribution is -0.141. The van der Waals surface area contributed by atoms with Crippen LogP contribution in [0.3, 0.4) is 0 Å². The van der Waals surface area contributed by atoms with Gasteiger partial charge in [-0.2, -0.15) is 23.4 Å². The number of nitrogens with two attached hydrogens (primary N) is 1. The number of aromatic nitrogens is 4. The van der Waals surface area contributed by atoms with Crippen molar-refractivity contribution in [3.05, 3.63) is 29.2 Å². The molecule has 0 amide bonds. The number of alkyl halides is 3. The highest BCUT2D eigenvalue weighted by molar-refractivity contribution is 5.65. The molecule has 10 heteroatoms. The third kappa shape index (κ3) is 3.97. The summed E-state index contributed by atoms with van der Waals surface area (Å²) in [5.41, 5.74) is 5.58. The molecule has 1 saturated heterocycles. The van der Waals surface area contributed by atoms with E-state index in [1.54, 1.807) is 13.0 Å². The molecular weight excluding hydrogens is 339 g/mol. The molecule has 2 N–H and O–H groups in total. The van der Waals surface area contributed by atoms with Crippen LogP contribution < -0.4 is 5.73 Å². The first-order valence-electron chi connectivity index (χ1n) is 7.76. The van der Waals surface area contributed by atoms with Crippen LogP contribution in [-0.4, -0.2) is 45.9 Å². The van der Waals surface area contributed by atoms with Crippen molar-refractivity contribution >= 4 is 0 Å². The monoisotopic (exact) mass is 357 g/mol. The van der Waals surface area contributed by atoms with E-state index < -0.39 is 11.9 Å². The fourth-order valence-electron chi connectivity index (χ4n) is 2.65. The largest absolute Gasteiger partial charge is 0.435 e. The maximum atomic E-state index is 13.4. The Hall–Kier alpha value is -2.04. The van der Waals surface area contributed by atoms with Crippen molar-refractivity contribution in [2.45, 2.75) is 32.3 Å². The van der Waals surface area contributed by atoms with Crippen LogP contribution in [0.5, 0.6) is 0 Å². The zero-order valence-corrected chi connectivity index (χ0v) is 13.6. The molecule has 0 radical (unpaired) electrons. The standard InChI is InChI=1S/C15H18F3N5O2/c1-9-4-10(5-19)20-21-13(9)12-7-23(22-14(12)15(16,17)18)6-11-8-24-2-3-25-11/h4,7,11H,2-3,5-6,8,19H2,1H3. The molecule has 0 saturated carbocycles. The van der Waals surface area contributed by atoms with Crippen molar-refractivity contribution in [3.8, 4) is 11.3 Å². The van der Waals surface area contributed by atoms with Gasteiger partial charge in [-0.05, 0) is 18.6 Å². The minimum absolute atomic E-state index is 0.113. The molecule has 1 aliphatic heterocycles. The molecule has 1 unspecified atom stereocenters. The average molecular weight is 357 g/mol. The zero-order valence-electron chi connectivity index (χ0n) is 13.6. The molecule has 1 aliphatic rings. The third-order valence-electron chi connectivity index (χ3n) is 3.81. The summed E-state index contributed by atoms with van der Waals surface area (Å²) in [7, 11) is 0. The summed E-state index contributed by atoms with van der Waals surface area (Å²) in [5, 5.41) is 11.5. The molecule has 2 aromatic heterocycles. The first kappa shape index (κ1) is 17.8. The number of ether oxygens (including phenoxy) is 2. The lowest BCUT2D eigenvalue weighted by Crippen LogP contribution is -2.32. The number of rotatable bonds is 4. The Balaban J connectivity index is 1.96. The fourth-order valence-corrected chi connectivity index (χ4v) is 2.65. The molecule has 3 heterocycles. The summed E-state index contributed by atoms with van der Waals surface area (Å²) in [6, 6.07) is 1.62. The summed E-state index contributed by atoms with van der Waals surface area (Å²) >= 11 is 0. The summed E-state index contributed by atoms with van der Waals surface area (Å²) in [6.07, 6.45) is -3.63. The Morgan fingerprint density at radius 1 is 1.32 bits per heavy atom. The van der Waals surface area contributed by atoms with Gasteiger partial charge in [-0.25, -0.2) is 0 Å². The van der Waals surface area contributed by atoms with Crippen LogP contribution in [0.4, 0.5) is 13.2 Å². The van der Waals surface area contributed by atoms with Gasteiger partial charge in [0.1, 0.15) is 6.10 Å². The van der Waals surface area contributed by atoms with Crippen molar-refractivity contribution in [3.63, 3.8) is 0 Å². The molecule has 2 aromatic rings. The van der Waals surface area contributed by atoms with E-state index in [1.165, 1.54) is 10.9 Å². The maximum Gasteiger partial charge on any atom is 0.435 e. The van der Waals surface area contributed by atoms with Crippen LogP contribution >= 0.6 is 0 Å². The second-order valence-electron chi connectivity index (χ2n) is 5.75. The number of aryl methyl sites for hydroxylation is 1. The summed E-state index contributed by atoms with van der Waals surface area (Å²) in [6.45, 7) is 3.21. The first-order chi connectivity index (χ1) is 11.9. The zero-order chi connectivity index (χ0) is 18.0. The van der Waals surface area contributed by atoms with Gasteiger partial charge in [0.25, 0.3) is 0 Å². The van der Waals surface area contributed by atoms with E-state index in [9.17, 15) is 13.2 Å². The van der Waals surface area contributed by atoms with Gasteiger partial charge in [0, 0.05) is 12.7 Å². The van der Waals surface area contributed by atoms with Gasteiger partial charge < -0.3 is 15.2 Å². The molecule has 0 aromatic carbocycles. The van der Waals surface area contributed by atoms with Crippen LogP contribution in [0.2, 0.25) is 0 Å². The maximum absolute atomic E-state index is 13.4. The molecule has 0 spiro atoms.